The third kappa shape index (κ3) is 5.80. The second-order valence-corrected chi connectivity index (χ2v) is 8.22. The molecular formula is C20H22BrN5O2S. The van der Waals surface area contributed by atoms with Gasteiger partial charge in [0, 0.05) is 17.2 Å². The van der Waals surface area contributed by atoms with E-state index in [0.717, 1.165) is 21.6 Å². The van der Waals surface area contributed by atoms with E-state index in [1.54, 1.807) is 12.3 Å². The minimum atomic E-state index is -0.264. The Balaban J connectivity index is 1.62. The Morgan fingerprint density at radius 3 is 2.83 bits per heavy atom. The van der Waals surface area contributed by atoms with Crippen LogP contribution in [0.15, 0.2) is 52.2 Å². The fourth-order valence-corrected chi connectivity index (χ4v) is 3.75. The smallest absolute Gasteiger partial charge is 0.236 e. The van der Waals surface area contributed by atoms with Crippen LogP contribution in [0.25, 0.3) is 0 Å². The van der Waals surface area contributed by atoms with Crippen molar-refractivity contribution in [1.82, 2.24) is 19.7 Å². The van der Waals surface area contributed by atoms with Gasteiger partial charge in [-0.2, -0.15) is 0 Å². The van der Waals surface area contributed by atoms with Gasteiger partial charge in [-0.05, 0) is 66.5 Å². The molecule has 0 aliphatic heterocycles. The molecule has 0 aliphatic rings. The van der Waals surface area contributed by atoms with Crippen LogP contribution in [0.2, 0.25) is 0 Å². The highest BCUT2D eigenvalue weighted by atomic mass is 79.9. The van der Waals surface area contributed by atoms with Crippen molar-refractivity contribution in [1.29, 1.82) is 0 Å². The summed E-state index contributed by atoms with van der Waals surface area (Å²) in [6.45, 7) is 6.67. The second kappa shape index (κ2) is 9.89. The molecule has 3 aromatic rings. The molecule has 9 heteroatoms. The van der Waals surface area contributed by atoms with E-state index in [2.05, 4.69) is 36.4 Å². The van der Waals surface area contributed by atoms with Crippen molar-refractivity contribution in [3.8, 4) is 5.75 Å². The molecule has 1 amide bonds. The monoisotopic (exact) mass is 475 g/mol. The van der Waals surface area contributed by atoms with Gasteiger partial charge < -0.3 is 14.6 Å². The average molecular weight is 476 g/mol. The number of benzene rings is 1. The van der Waals surface area contributed by atoms with Gasteiger partial charge >= 0.3 is 0 Å². The minimum Gasteiger partial charge on any atom is -0.483 e. The van der Waals surface area contributed by atoms with Gasteiger partial charge in [-0.1, -0.05) is 23.9 Å². The number of ether oxygens (including phenoxy) is 1. The molecule has 0 spiro atoms. The second-order valence-electron chi connectivity index (χ2n) is 6.36. The molecule has 1 atom stereocenters. The lowest BCUT2D eigenvalue weighted by molar-refractivity contribution is -0.113. The molecule has 1 unspecified atom stereocenters. The minimum absolute atomic E-state index is 0.152. The number of pyridine rings is 1. The topological polar surface area (TPSA) is 81.9 Å². The maximum Gasteiger partial charge on any atom is 0.236 e. The number of hydrogen-bond acceptors (Lipinski definition) is 6. The maximum atomic E-state index is 12.2. The van der Waals surface area contributed by atoms with Gasteiger partial charge in [0.05, 0.1) is 5.75 Å². The number of aryl methyl sites for hydroxylation is 1. The number of halogens is 1. The summed E-state index contributed by atoms with van der Waals surface area (Å²) in [6, 6.07) is 11.5. The first kappa shape index (κ1) is 21.3. The van der Waals surface area contributed by atoms with E-state index in [1.807, 2.05) is 55.7 Å². The van der Waals surface area contributed by atoms with Crippen LogP contribution in [0.4, 0.5) is 5.82 Å². The molecule has 1 aromatic carbocycles. The quantitative estimate of drug-likeness (QED) is 0.478. The fraction of sp³-hybridized carbons (Fsp3) is 0.300. The zero-order valence-electron chi connectivity index (χ0n) is 16.4. The molecule has 0 saturated carbocycles. The molecule has 0 fully saturated rings. The molecule has 3 rings (SSSR count). The van der Waals surface area contributed by atoms with E-state index in [1.165, 1.54) is 11.8 Å². The summed E-state index contributed by atoms with van der Waals surface area (Å²) in [4.78, 5) is 16.4. The Hall–Kier alpha value is -2.39. The Labute approximate surface area is 182 Å². The highest BCUT2D eigenvalue weighted by Crippen LogP contribution is 2.25. The van der Waals surface area contributed by atoms with E-state index in [0.29, 0.717) is 17.5 Å². The van der Waals surface area contributed by atoms with Crippen LogP contribution in [0.1, 0.15) is 31.3 Å². The van der Waals surface area contributed by atoms with Crippen molar-refractivity contribution in [2.75, 3.05) is 11.1 Å². The van der Waals surface area contributed by atoms with E-state index >= 15 is 0 Å². The Morgan fingerprint density at radius 2 is 2.14 bits per heavy atom. The molecule has 1 N–H and O–H groups in total. The van der Waals surface area contributed by atoms with Gasteiger partial charge in [-0.25, -0.2) is 4.98 Å². The lowest BCUT2D eigenvalue weighted by Crippen LogP contribution is -2.16. The third-order valence-electron chi connectivity index (χ3n) is 4.05. The molecule has 0 aliphatic carbocycles. The summed E-state index contributed by atoms with van der Waals surface area (Å²) < 4.78 is 8.85. The lowest BCUT2D eigenvalue weighted by Gasteiger charge is -2.16. The Morgan fingerprint density at radius 1 is 1.31 bits per heavy atom. The molecule has 0 saturated heterocycles. The number of carbonyl (C=O) groups excluding carboxylic acids is 1. The number of hydrogen-bond donors (Lipinski definition) is 1. The Bertz CT molecular complexity index is 977. The van der Waals surface area contributed by atoms with Gasteiger partial charge in [0.2, 0.25) is 5.91 Å². The van der Waals surface area contributed by atoms with Crippen LogP contribution in [0.3, 0.4) is 0 Å². The summed E-state index contributed by atoms with van der Waals surface area (Å²) in [7, 11) is 0. The Kier molecular flexibility index (Phi) is 7.27. The fourth-order valence-electron chi connectivity index (χ4n) is 2.71. The average Bonchev–Trinajstić information content (AvgIpc) is 3.11. The zero-order chi connectivity index (χ0) is 20.8. The summed E-state index contributed by atoms with van der Waals surface area (Å²) in [5, 5.41) is 12.0. The zero-order valence-corrected chi connectivity index (χ0v) is 18.8. The van der Waals surface area contributed by atoms with Crippen molar-refractivity contribution in [2.24, 2.45) is 0 Å². The largest absolute Gasteiger partial charge is 0.483 e. The predicted octanol–water partition coefficient (Wildman–Crippen LogP) is 4.63. The van der Waals surface area contributed by atoms with Crippen LogP contribution < -0.4 is 10.1 Å². The van der Waals surface area contributed by atoms with Crippen LogP contribution in [-0.4, -0.2) is 31.4 Å². The summed E-state index contributed by atoms with van der Waals surface area (Å²) in [6.07, 6.45) is 1.37. The number of anilines is 1. The van der Waals surface area contributed by atoms with Crippen molar-refractivity contribution < 1.29 is 9.53 Å². The SMILES string of the molecule is CCn1c(SCC(=O)Nc2ccc(Br)cn2)nnc1C(C)Oc1cccc(C)c1. The van der Waals surface area contributed by atoms with Crippen molar-refractivity contribution in [3.63, 3.8) is 0 Å². The molecule has 0 bridgehead atoms. The van der Waals surface area contributed by atoms with Gasteiger partial charge in [0.25, 0.3) is 0 Å². The molecule has 7 nitrogen and oxygen atoms in total. The van der Waals surface area contributed by atoms with Gasteiger partial charge in [0.1, 0.15) is 11.6 Å². The highest BCUT2D eigenvalue weighted by molar-refractivity contribution is 9.10. The van der Waals surface area contributed by atoms with Crippen LogP contribution in [0, 0.1) is 6.92 Å². The molecule has 2 aromatic heterocycles. The normalized spacial score (nSPS) is 11.9. The van der Waals surface area contributed by atoms with E-state index in [4.69, 9.17) is 4.74 Å². The van der Waals surface area contributed by atoms with Crippen LogP contribution >= 0.6 is 27.7 Å². The van der Waals surface area contributed by atoms with Crippen molar-refractivity contribution in [3.05, 3.63) is 58.5 Å². The number of thioether (sulfide) groups is 1. The molecular weight excluding hydrogens is 454 g/mol. The molecule has 2 heterocycles. The molecule has 0 radical (unpaired) electrons. The number of carbonyl (C=O) groups is 1. The first-order valence-electron chi connectivity index (χ1n) is 9.17. The van der Waals surface area contributed by atoms with Gasteiger partial charge in [-0.15, -0.1) is 10.2 Å². The first-order chi connectivity index (χ1) is 14.0. The number of nitrogens with one attached hydrogen (secondary N) is 1. The predicted molar refractivity (Wildman–Crippen MR) is 117 cm³/mol. The van der Waals surface area contributed by atoms with E-state index < -0.39 is 0 Å². The van der Waals surface area contributed by atoms with E-state index in [9.17, 15) is 4.79 Å². The maximum absolute atomic E-state index is 12.2. The first-order valence-corrected chi connectivity index (χ1v) is 10.9. The van der Waals surface area contributed by atoms with Crippen molar-refractivity contribution >= 4 is 39.4 Å². The summed E-state index contributed by atoms with van der Waals surface area (Å²) >= 11 is 4.65. The van der Waals surface area contributed by atoms with E-state index in [-0.39, 0.29) is 17.8 Å². The summed E-state index contributed by atoms with van der Waals surface area (Å²) in [5.74, 6) is 2.09. The third-order valence-corrected chi connectivity index (χ3v) is 5.49. The highest BCUT2D eigenvalue weighted by Gasteiger charge is 2.19. The molecule has 152 valence electrons. The van der Waals surface area contributed by atoms with Crippen molar-refractivity contribution in [2.45, 2.75) is 38.6 Å². The van der Waals surface area contributed by atoms with Gasteiger partial charge in [-0.3, -0.25) is 4.79 Å². The number of nitrogens with zero attached hydrogens (tertiary/aromatic N) is 4. The lowest BCUT2D eigenvalue weighted by atomic mass is 10.2. The molecule has 29 heavy (non-hydrogen) atoms. The number of amides is 1. The number of aromatic nitrogens is 4. The number of rotatable bonds is 8. The standard InChI is InChI=1S/C20H22BrN5O2S/c1-4-26-19(14(3)28-16-7-5-6-13(2)10-16)24-25-20(26)29-12-18(27)23-17-9-8-15(21)11-22-17/h5-11,14H,4,12H2,1-3H3,(H,22,23,27). The summed E-state index contributed by atoms with van der Waals surface area (Å²) in [5.41, 5.74) is 1.13. The van der Waals surface area contributed by atoms with Gasteiger partial charge in [0.15, 0.2) is 17.1 Å². The van der Waals surface area contributed by atoms with Crippen LogP contribution in [0.5, 0.6) is 5.75 Å². The van der Waals surface area contributed by atoms with Crippen LogP contribution in [-0.2, 0) is 11.3 Å².